The molecule has 0 radical (unpaired) electrons. The molecule has 0 unspecified atom stereocenters. The summed E-state index contributed by atoms with van der Waals surface area (Å²) in [6.07, 6.45) is 3.57. The maximum absolute atomic E-state index is 5.09. The number of fused-ring (bicyclic) bond motifs is 3. The first-order chi connectivity index (χ1) is 27.8. The Hall–Kier alpha value is -7.56. The number of hydrogen-bond donors (Lipinski definition) is 0. The summed E-state index contributed by atoms with van der Waals surface area (Å²) in [6, 6.07) is 61.3. The standard InChI is InChI=1S/C52H30N4/c1-2-10-34(11-3-1)50-54-51(36-15-9-27-53-30-36)56-52(55-50)44-26-25-38(39-16-4-5-17-40(39)44)37-28-35-24-23-33-13-7-19-42-41-18-6-12-31-21-22-32-14-8-20-43(48(32)46(31)41)45(29-37)49(35)47(33)42/h1-30H. The van der Waals surface area contributed by atoms with Gasteiger partial charge >= 0.3 is 0 Å². The van der Waals surface area contributed by atoms with E-state index in [0.29, 0.717) is 17.5 Å². The van der Waals surface area contributed by atoms with E-state index in [1.807, 2.05) is 42.5 Å². The van der Waals surface area contributed by atoms with Crippen LogP contribution in [0.5, 0.6) is 0 Å². The highest BCUT2D eigenvalue weighted by Crippen LogP contribution is 2.45. The molecular weight excluding hydrogens is 681 g/mol. The van der Waals surface area contributed by atoms with Crippen molar-refractivity contribution in [3.05, 3.63) is 182 Å². The minimum atomic E-state index is 0.591. The van der Waals surface area contributed by atoms with Crippen LogP contribution in [0.4, 0.5) is 0 Å². The molecule has 0 N–H and O–H groups in total. The Labute approximate surface area is 321 Å². The van der Waals surface area contributed by atoms with E-state index >= 15 is 0 Å². The molecule has 0 bridgehead atoms. The van der Waals surface area contributed by atoms with E-state index in [1.54, 1.807) is 12.4 Å². The molecule has 56 heavy (non-hydrogen) atoms. The fourth-order valence-corrected chi connectivity index (χ4v) is 9.02. The predicted octanol–water partition coefficient (Wildman–Crippen LogP) is 13.4. The zero-order chi connectivity index (χ0) is 36.7. The molecule has 2 aromatic heterocycles. The molecule has 0 aliphatic rings. The van der Waals surface area contributed by atoms with Crippen LogP contribution in [-0.4, -0.2) is 19.9 Å². The van der Waals surface area contributed by atoms with Gasteiger partial charge in [0.2, 0.25) is 0 Å². The molecule has 0 amide bonds. The highest BCUT2D eigenvalue weighted by Gasteiger charge is 2.19. The van der Waals surface area contributed by atoms with Crippen LogP contribution in [0.15, 0.2) is 182 Å². The van der Waals surface area contributed by atoms with Crippen LogP contribution < -0.4 is 0 Å². The zero-order valence-corrected chi connectivity index (χ0v) is 30.1. The lowest BCUT2D eigenvalue weighted by Crippen LogP contribution is -2.01. The van der Waals surface area contributed by atoms with Crippen molar-refractivity contribution in [2.45, 2.75) is 0 Å². The summed E-state index contributed by atoms with van der Waals surface area (Å²) in [5, 5.41) is 17.5. The van der Waals surface area contributed by atoms with Gasteiger partial charge in [-0.25, -0.2) is 15.0 Å². The van der Waals surface area contributed by atoms with Crippen molar-refractivity contribution < 1.29 is 0 Å². The van der Waals surface area contributed by atoms with Crippen molar-refractivity contribution in [2.75, 3.05) is 0 Å². The van der Waals surface area contributed by atoms with Gasteiger partial charge in [-0.2, -0.15) is 0 Å². The summed E-state index contributed by atoms with van der Waals surface area (Å²) in [4.78, 5) is 19.4. The fourth-order valence-electron chi connectivity index (χ4n) is 9.02. The van der Waals surface area contributed by atoms with Crippen molar-refractivity contribution in [1.29, 1.82) is 0 Å². The van der Waals surface area contributed by atoms with Crippen molar-refractivity contribution in [3.8, 4) is 45.3 Å². The van der Waals surface area contributed by atoms with E-state index in [2.05, 4.69) is 132 Å². The van der Waals surface area contributed by atoms with Gasteiger partial charge in [-0.05, 0) is 117 Å². The summed E-state index contributed by atoms with van der Waals surface area (Å²) in [5.41, 5.74) is 5.06. The molecule has 258 valence electrons. The third kappa shape index (κ3) is 4.60. The van der Waals surface area contributed by atoms with Crippen molar-refractivity contribution in [3.63, 3.8) is 0 Å². The molecule has 4 heteroatoms. The van der Waals surface area contributed by atoms with Crippen LogP contribution in [-0.2, 0) is 0 Å². The molecule has 0 saturated carbocycles. The fraction of sp³-hybridized carbons (Fsp3) is 0. The maximum atomic E-state index is 5.09. The maximum Gasteiger partial charge on any atom is 0.165 e. The van der Waals surface area contributed by atoms with E-state index in [0.717, 1.165) is 33.0 Å². The Bertz CT molecular complexity index is 3460. The Balaban J connectivity index is 1.16. The van der Waals surface area contributed by atoms with Gasteiger partial charge in [0, 0.05) is 29.1 Å². The summed E-state index contributed by atoms with van der Waals surface area (Å²) in [7, 11) is 0. The second-order valence-electron chi connectivity index (χ2n) is 14.6. The SMILES string of the molecule is c1ccc(-c2nc(-c3cccnc3)nc(-c3ccc(-c4cc5ccc6cccc7c8cccc9ccc%10cccc(c(c4)c5c67)c%10c98)c4ccccc34)n2)cc1. The van der Waals surface area contributed by atoms with Gasteiger partial charge in [-0.1, -0.05) is 140 Å². The van der Waals surface area contributed by atoms with Crippen LogP contribution in [0, 0.1) is 0 Å². The first-order valence-corrected chi connectivity index (χ1v) is 19.0. The van der Waals surface area contributed by atoms with E-state index in [9.17, 15) is 0 Å². The molecule has 10 aromatic carbocycles. The molecule has 0 fully saturated rings. The van der Waals surface area contributed by atoms with Crippen LogP contribution >= 0.6 is 0 Å². The van der Waals surface area contributed by atoms with Gasteiger partial charge < -0.3 is 0 Å². The lowest BCUT2D eigenvalue weighted by molar-refractivity contribution is 1.07. The molecule has 0 saturated heterocycles. The third-order valence-electron chi connectivity index (χ3n) is 11.5. The smallest absolute Gasteiger partial charge is 0.165 e. The minimum Gasteiger partial charge on any atom is -0.264 e. The minimum absolute atomic E-state index is 0.591. The normalized spacial score (nSPS) is 11.9. The Morgan fingerprint density at radius 2 is 0.786 bits per heavy atom. The van der Waals surface area contributed by atoms with E-state index < -0.39 is 0 Å². The van der Waals surface area contributed by atoms with Gasteiger partial charge in [0.25, 0.3) is 0 Å². The molecular formula is C52H30N4. The number of hydrogen-bond acceptors (Lipinski definition) is 4. The molecule has 4 nitrogen and oxygen atoms in total. The number of benzene rings is 9. The highest BCUT2D eigenvalue weighted by molar-refractivity contribution is 6.37. The van der Waals surface area contributed by atoms with E-state index in [4.69, 9.17) is 15.0 Å². The van der Waals surface area contributed by atoms with Crippen LogP contribution in [0.25, 0.3) is 121 Å². The van der Waals surface area contributed by atoms with Crippen LogP contribution in [0.1, 0.15) is 0 Å². The van der Waals surface area contributed by atoms with Gasteiger partial charge in [-0.3, -0.25) is 4.98 Å². The number of pyridine rings is 1. The molecule has 0 spiro atoms. The summed E-state index contributed by atoms with van der Waals surface area (Å²) < 4.78 is 0. The van der Waals surface area contributed by atoms with Gasteiger partial charge in [-0.15, -0.1) is 0 Å². The van der Waals surface area contributed by atoms with Crippen LogP contribution in [0.2, 0.25) is 0 Å². The average Bonchev–Trinajstić information content (AvgIpc) is 3.27. The lowest BCUT2D eigenvalue weighted by atomic mass is 9.86. The second kappa shape index (κ2) is 12.0. The average molecular weight is 711 g/mol. The number of aromatic nitrogens is 4. The van der Waals surface area contributed by atoms with Gasteiger partial charge in [0.1, 0.15) is 0 Å². The zero-order valence-electron chi connectivity index (χ0n) is 30.1. The summed E-state index contributed by atoms with van der Waals surface area (Å²) in [6.45, 7) is 0. The first kappa shape index (κ1) is 30.9. The van der Waals surface area contributed by atoms with E-state index in [-0.39, 0.29) is 0 Å². The monoisotopic (exact) mass is 710 g/mol. The predicted molar refractivity (Wildman–Crippen MR) is 233 cm³/mol. The van der Waals surface area contributed by atoms with Crippen molar-refractivity contribution in [1.82, 2.24) is 19.9 Å². The molecule has 0 aliphatic heterocycles. The Kier molecular flexibility index (Phi) is 6.60. The molecule has 2 heterocycles. The summed E-state index contributed by atoms with van der Waals surface area (Å²) in [5.74, 6) is 1.84. The van der Waals surface area contributed by atoms with Gasteiger partial charge in [0.15, 0.2) is 17.5 Å². The van der Waals surface area contributed by atoms with Gasteiger partial charge in [0.05, 0.1) is 0 Å². The second-order valence-corrected chi connectivity index (χ2v) is 14.6. The molecule has 12 aromatic rings. The highest BCUT2D eigenvalue weighted by atomic mass is 15.0. The molecule has 0 atom stereocenters. The lowest BCUT2D eigenvalue weighted by Gasteiger charge is -2.18. The first-order valence-electron chi connectivity index (χ1n) is 19.0. The van der Waals surface area contributed by atoms with Crippen molar-refractivity contribution >= 4 is 75.4 Å². The van der Waals surface area contributed by atoms with Crippen molar-refractivity contribution in [2.24, 2.45) is 0 Å². The quantitative estimate of drug-likeness (QED) is 0.171. The summed E-state index contributed by atoms with van der Waals surface area (Å²) >= 11 is 0. The topological polar surface area (TPSA) is 51.6 Å². The molecule has 0 aliphatic carbocycles. The third-order valence-corrected chi connectivity index (χ3v) is 11.5. The Morgan fingerprint density at radius 1 is 0.286 bits per heavy atom. The number of rotatable bonds is 4. The number of nitrogens with zero attached hydrogens (tertiary/aromatic N) is 4. The Morgan fingerprint density at radius 3 is 1.43 bits per heavy atom. The largest absolute Gasteiger partial charge is 0.264 e. The molecule has 12 rings (SSSR count). The van der Waals surface area contributed by atoms with E-state index in [1.165, 1.54) is 70.2 Å². The van der Waals surface area contributed by atoms with Crippen LogP contribution in [0.3, 0.4) is 0 Å².